The first-order valence-corrected chi connectivity index (χ1v) is 10.8. The van der Waals surface area contributed by atoms with Crippen LogP contribution < -0.4 is 4.90 Å². The number of anilines is 1. The number of carboxylic acids is 1. The van der Waals surface area contributed by atoms with E-state index in [1.165, 1.54) is 0 Å². The van der Waals surface area contributed by atoms with Crippen LogP contribution in [-0.4, -0.2) is 36.7 Å². The second kappa shape index (κ2) is 10.1. The molecular formula is C22H31NO4S. The van der Waals surface area contributed by atoms with E-state index in [1.54, 1.807) is 18.1 Å². The van der Waals surface area contributed by atoms with Crippen molar-refractivity contribution >= 4 is 28.9 Å². The number of methoxy groups -OCH3 is 1. The van der Waals surface area contributed by atoms with Crippen molar-refractivity contribution in [2.45, 2.75) is 59.4 Å². The van der Waals surface area contributed by atoms with Gasteiger partial charge >= 0.3 is 5.97 Å². The number of nitrogens with zero attached hydrogens (tertiary/aromatic N) is 1. The fraction of sp³-hybridized carbons (Fsp3) is 0.636. The average molecular weight is 406 g/mol. The molecule has 0 aliphatic heterocycles. The Hall–Kier alpha value is -1.84. The normalized spacial score (nSPS) is 20.4. The summed E-state index contributed by atoms with van der Waals surface area (Å²) in [7, 11) is 1.59. The summed E-state index contributed by atoms with van der Waals surface area (Å²) >= 11 is 1.13. The zero-order chi connectivity index (χ0) is 20.8. The minimum absolute atomic E-state index is 0.000110. The van der Waals surface area contributed by atoms with E-state index in [-0.39, 0.29) is 28.7 Å². The summed E-state index contributed by atoms with van der Waals surface area (Å²) in [5.41, 5.74) is 0.443. The third-order valence-corrected chi connectivity index (χ3v) is 6.13. The topological polar surface area (TPSA) is 66.8 Å². The zero-order valence-corrected chi connectivity index (χ0v) is 18.3. The van der Waals surface area contributed by atoms with E-state index in [2.05, 4.69) is 18.8 Å². The summed E-state index contributed by atoms with van der Waals surface area (Å²) in [5, 5.41) is 9.74. The number of carboxylic acid groups (broad SMARTS) is 1. The SMILES string of the molecule is COC[C@H](C)N(C(=O)C1CCC(C)CC1)c1cc(C#CC(C)C)sc1C(=O)O. The highest BCUT2D eigenvalue weighted by atomic mass is 32.1. The summed E-state index contributed by atoms with van der Waals surface area (Å²) in [6.07, 6.45) is 3.76. The number of amides is 1. The van der Waals surface area contributed by atoms with Gasteiger partial charge in [0.1, 0.15) is 4.88 Å². The van der Waals surface area contributed by atoms with E-state index < -0.39 is 5.97 Å². The predicted molar refractivity (Wildman–Crippen MR) is 113 cm³/mol. The lowest BCUT2D eigenvalue weighted by Gasteiger charge is -2.34. The van der Waals surface area contributed by atoms with Gasteiger partial charge in [0, 0.05) is 18.9 Å². The van der Waals surface area contributed by atoms with Gasteiger partial charge in [-0.2, -0.15) is 0 Å². The first-order valence-electron chi connectivity index (χ1n) is 9.95. The molecule has 1 heterocycles. The molecule has 1 N–H and O–H groups in total. The highest BCUT2D eigenvalue weighted by Crippen LogP contribution is 2.36. The lowest BCUT2D eigenvalue weighted by molar-refractivity contribution is -0.124. The fourth-order valence-corrected chi connectivity index (χ4v) is 4.43. The molecule has 1 aromatic rings. The van der Waals surface area contributed by atoms with Gasteiger partial charge in [-0.05, 0) is 44.6 Å². The number of carbonyl (C=O) groups is 2. The van der Waals surface area contributed by atoms with Gasteiger partial charge in [-0.1, -0.05) is 32.6 Å². The van der Waals surface area contributed by atoms with Crippen LogP contribution in [0.3, 0.4) is 0 Å². The maximum absolute atomic E-state index is 13.4. The predicted octanol–water partition coefficient (Wildman–Crippen LogP) is 4.65. The molecule has 1 aliphatic rings. The lowest BCUT2D eigenvalue weighted by Crippen LogP contribution is -2.45. The number of hydrogen-bond donors (Lipinski definition) is 1. The molecule has 0 radical (unpaired) electrons. The molecule has 0 aromatic carbocycles. The monoisotopic (exact) mass is 405 g/mol. The van der Waals surface area contributed by atoms with Crippen LogP contribution in [0.1, 0.15) is 67.9 Å². The van der Waals surface area contributed by atoms with Crippen molar-refractivity contribution in [3.05, 3.63) is 15.8 Å². The van der Waals surface area contributed by atoms with Crippen molar-refractivity contribution < 1.29 is 19.4 Å². The summed E-state index contributed by atoms with van der Waals surface area (Å²) in [4.78, 5) is 27.8. The fourth-order valence-electron chi connectivity index (χ4n) is 3.58. The van der Waals surface area contributed by atoms with E-state index in [1.807, 2.05) is 20.8 Å². The number of carbonyl (C=O) groups excluding carboxylic acids is 1. The summed E-state index contributed by atoms with van der Waals surface area (Å²) in [6, 6.07) is 1.49. The average Bonchev–Trinajstić information content (AvgIpc) is 3.05. The molecule has 1 aromatic heterocycles. The lowest BCUT2D eigenvalue weighted by atomic mass is 9.82. The third-order valence-electron chi connectivity index (χ3n) is 5.10. The second-order valence-corrected chi connectivity index (χ2v) is 9.08. The Morgan fingerprint density at radius 3 is 2.46 bits per heavy atom. The van der Waals surface area contributed by atoms with E-state index in [9.17, 15) is 14.7 Å². The molecule has 0 unspecified atom stereocenters. The molecule has 1 saturated carbocycles. The number of aromatic carboxylic acids is 1. The van der Waals surface area contributed by atoms with Gasteiger partial charge in [0.25, 0.3) is 0 Å². The molecule has 1 aliphatic carbocycles. The maximum Gasteiger partial charge on any atom is 0.348 e. The van der Waals surface area contributed by atoms with Crippen LogP contribution in [0, 0.1) is 29.6 Å². The minimum atomic E-state index is -1.03. The molecule has 1 atom stereocenters. The Bertz CT molecular complexity index is 750. The molecule has 1 fully saturated rings. The van der Waals surface area contributed by atoms with Gasteiger partial charge in [0.2, 0.25) is 5.91 Å². The Morgan fingerprint density at radius 1 is 1.29 bits per heavy atom. The first kappa shape index (κ1) is 22.4. The Labute approximate surface area is 172 Å². The quantitative estimate of drug-likeness (QED) is 0.700. The molecule has 0 saturated heterocycles. The first-order chi connectivity index (χ1) is 13.2. The number of ether oxygens (including phenoxy) is 1. The van der Waals surface area contributed by atoms with E-state index in [0.717, 1.165) is 37.0 Å². The Balaban J connectivity index is 2.44. The Kier molecular flexibility index (Phi) is 8.09. The van der Waals surface area contributed by atoms with Gasteiger partial charge in [-0.3, -0.25) is 4.79 Å². The zero-order valence-electron chi connectivity index (χ0n) is 17.4. The summed E-state index contributed by atoms with van der Waals surface area (Å²) in [5.74, 6) is 5.85. The van der Waals surface area contributed by atoms with Crippen LogP contribution in [0.2, 0.25) is 0 Å². The molecule has 0 spiro atoms. The minimum Gasteiger partial charge on any atom is -0.477 e. The number of rotatable bonds is 6. The van der Waals surface area contributed by atoms with Crippen LogP contribution in [0.5, 0.6) is 0 Å². The molecule has 28 heavy (non-hydrogen) atoms. The van der Waals surface area contributed by atoms with Crippen LogP contribution in [0.4, 0.5) is 5.69 Å². The van der Waals surface area contributed by atoms with Gasteiger partial charge in [0.05, 0.1) is 23.2 Å². The number of hydrogen-bond acceptors (Lipinski definition) is 4. The van der Waals surface area contributed by atoms with Crippen molar-refractivity contribution in [3.8, 4) is 11.8 Å². The smallest absolute Gasteiger partial charge is 0.348 e. The highest BCUT2D eigenvalue weighted by molar-refractivity contribution is 7.15. The molecule has 6 heteroatoms. The van der Waals surface area contributed by atoms with Crippen molar-refractivity contribution in [1.82, 2.24) is 0 Å². The third kappa shape index (κ3) is 5.59. The standard InChI is InChI=1S/C22H31NO4S/c1-14(2)6-11-18-12-19(20(28-18)22(25)26)23(16(4)13-27-5)21(24)17-9-7-15(3)8-10-17/h12,14-17H,7-10,13H2,1-5H3,(H,25,26)/t15?,16-,17?/m0/s1. The van der Waals surface area contributed by atoms with Gasteiger partial charge < -0.3 is 14.7 Å². The van der Waals surface area contributed by atoms with Crippen LogP contribution in [-0.2, 0) is 9.53 Å². The van der Waals surface area contributed by atoms with Crippen LogP contribution >= 0.6 is 11.3 Å². The second-order valence-electron chi connectivity index (χ2n) is 8.02. The van der Waals surface area contributed by atoms with Crippen LogP contribution in [0.15, 0.2) is 6.07 Å². The molecule has 2 rings (SSSR count). The van der Waals surface area contributed by atoms with E-state index in [4.69, 9.17) is 4.74 Å². The van der Waals surface area contributed by atoms with E-state index in [0.29, 0.717) is 23.1 Å². The highest BCUT2D eigenvalue weighted by Gasteiger charge is 2.34. The summed E-state index contributed by atoms with van der Waals surface area (Å²) in [6.45, 7) is 8.43. The molecule has 154 valence electrons. The molecular weight excluding hydrogens is 374 g/mol. The van der Waals surface area contributed by atoms with E-state index >= 15 is 0 Å². The molecule has 1 amide bonds. The maximum atomic E-state index is 13.4. The van der Waals surface area contributed by atoms with Crippen molar-refractivity contribution in [2.75, 3.05) is 18.6 Å². The van der Waals surface area contributed by atoms with Crippen molar-refractivity contribution in [3.63, 3.8) is 0 Å². The van der Waals surface area contributed by atoms with Crippen LogP contribution in [0.25, 0.3) is 0 Å². The number of thiophene rings is 1. The van der Waals surface area contributed by atoms with Crippen molar-refractivity contribution in [2.24, 2.45) is 17.8 Å². The summed E-state index contributed by atoms with van der Waals surface area (Å²) < 4.78 is 5.28. The van der Waals surface area contributed by atoms with Crippen molar-refractivity contribution in [1.29, 1.82) is 0 Å². The largest absolute Gasteiger partial charge is 0.477 e. The molecule has 5 nitrogen and oxygen atoms in total. The Morgan fingerprint density at radius 2 is 1.93 bits per heavy atom. The molecule has 0 bridgehead atoms. The van der Waals surface area contributed by atoms with Gasteiger partial charge in [0.15, 0.2) is 0 Å². The van der Waals surface area contributed by atoms with Gasteiger partial charge in [-0.25, -0.2) is 4.79 Å². The van der Waals surface area contributed by atoms with Gasteiger partial charge in [-0.15, -0.1) is 11.3 Å².